The van der Waals surface area contributed by atoms with Gasteiger partial charge in [-0.15, -0.1) is 0 Å². The second-order valence-electron chi connectivity index (χ2n) is 4.81. The lowest BCUT2D eigenvalue weighted by molar-refractivity contribution is 0.404. The zero-order chi connectivity index (χ0) is 11.3. The van der Waals surface area contributed by atoms with Crippen molar-refractivity contribution in [1.29, 1.82) is 0 Å². The largest absolute Gasteiger partial charge is 0.357 e. The van der Waals surface area contributed by atoms with Crippen LogP contribution in [0, 0.1) is 11.8 Å². The summed E-state index contributed by atoms with van der Waals surface area (Å²) in [5, 5.41) is 3.32. The summed E-state index contributed by atoms with van der Waals surface area (Å²) in [6.45, 7) is 10.0. The number of hydrogen-bond donors (Lipinski definition) is 1. The lowest BCUT2D eigenvalue weighted by atomic mass is 9.97. The van der Waals surface area contributed by atoms with Crippen molar-refractivity contribution in [3.8, 4) is 0 Å². The topological polar surface area (TPSA) is 27.6 Å². The molecular formula is C12H25N3. The smallest absolute Gasteiger partial charge is 0.193 e. The van der Waals surface area contributed by atoms with Crippen LogP contribution in [0.2, 0.25) is 0 Å². The van der Waals surface area contributed by atoms with E-state index in [2.05, 4.69) is 36.0 Å². The van der Waals surface area contributed by atoms with Gasteiger partial charge in [-0.3, -0.25) is 4.99 Å². The van der Waals surface area contributed by atoms with Crippen LogP contribution in [0.3, 0.4) is 0 Å². The van der Waals surface area contributed by atoms with E-state index in [1.807, 2.05) is 7.05 Å². The van der Waals surface area contributed by atoms with E-state index in [4.69, 9.17) is 0 Å². The fourth-order valence-corrected chi connectivity index (χ4v) is 2.37. The van der Waals surface area contributed by atoms with Gasteiger partial charge in [-0.25, -0.2) is 0 Å². The highest BCUT2D eigenvalue weighted by atomic mass is 15.3. The second kappa shape index (κ2) is 5.99. The number of nitrogens with zero attached hydrogens (tertiary/aromatic N) is 2. The summed E-state index contributed by atoms with van der Waals surface area (Å²) < 4.78 is 0. The Morgan fingerprint density at radius 2 is 2.27 bits per heavy atom. The fourth-order valence-electron chi connectivity index (χ4n) is 2.37. The van der Waals surface area contributed by atoms with Crippen LogP contribution in [0.1, 0.15) is 33.6 Å². The van der Waals surface area contributed by atoms with Crippen LogP contribution >= 0.6 is 0 Å². The quantitative estimate of drug-likeness (QED) is 0.571. The average molecular weight is 211 g/mol. The summed E-state index contributed by atoms with van der Waals surface area (Å²) in [4.78, 5) is 6.69. The van der Waals surface area contributed by atoms with Gasteiger partial charge in [0, 0.05) is 26.7 Å². The summed E-state index contributed by atoms with van der Waals surface area (Å²) in [6, 6.07) is 0. The molecule has 0 saturated carbocycles. The van der Waals surface area contributed by atoms with E-state index in [0.29, 0.717) is 0 Å². The number of likely N-dealkylation sites (tertiary alicyclic amines) is 1. The maximum atomic E-state index is 4.30. The van der Waals surface area contributed by atoms with Gasteiger partial charge in [0.05, 0.1) is 0 Å². The molecular weight excluding hydrogens is 186 g/mol. The van der Waals surface area contributed by atoms with Crippen molar-refractivity contribution in [3.05, 3.63) is 0 Å². The normalized spacial score (nSPS) is 22.6. The molecule has 1 saturated heterocycles. The highest BCUT2D eigenvalue weighted by Crippen LogP contribution is 2.22. The predicted molar refractivity (Wildman–Crippen MR) is 66.2 cm³/mol. The Labute approximate surface area is 94.0 Å². The van der Waals surface area contributed by atoms with E-state index in [9.17, 15) is 0 Å². The maximum absolute atomic E-state index is 4.30. The van der Waals surface area contributed by atoms with E-state index in [1.54, 1.807) is 0 Å². The van der Waals surface area contributed by atoms with Gasteiger partial charge in [-0.2, -0.15) is 0 Å². The molecule has 1 aliphatic heterocycles. The highest BCUT2D eigenvalue weighted by Gasteiger charge is 2.24. The first kappa shape index (κ1) is 12.3. The molecule has 0 radical (unpaired) electrons. The Balaban J connectivity index is 2.41. The number of guanidine groups is 1. The number of hydrogen-bond acceptors (Lipinski definition) is 1. The minimum absolute atomic E-state index is 0.816. The first-order chi connectivity index (χ1) is 7.17. The molecule has 1 fully saturated rings. The Kier molecular flexibility index (Phi) is 4.92. The van der Waals surface area contributed by atoms with E-state index in [-0.39, 0.29) is 0 Å². The first-order valence-electron chi connectivity index (χ1n) is 6.13. The zero-order valence-electron chi connectivity index (χ0n) is 10.6. The van der Waals surface area contributed by atoms with E-state index >= 15 is 0 Å². The first-order valence-corrected chi connectivity index (χ1v) is 6.13. The highest BCUT2D eigenvalue weighted by molar-refractivity contribution is 5.80. The molecule has 88 valence electrons. The van der Waals surface area contributed by atoms with Crippen molar-refractivity contribution in [2.75, 3.05) is 26.7 Å². The molecule has 15 heavy (non-hydrogen) atoms. The Bertz CT molecular complexity index is 211. The van der Waals surface area contributed by atoms with Gasteiger partial charge in [-0.1, -0.05) is 13.8 Å². The van der Waals surface area contributed by atoms with Gasteiger partial charge >= 0.3 is 0 Å². The minimum atomic E-state index is 0.816. The number of rotatable bonds is 3. The molecule has 1 heterocycles. The predicted octanol–water partition coefficient (Wildman–Crippen LogP) is 1.95. The summed E-state index contributed by atoms with van der Waals surface area (Å²) in [5.74, 6) is 2.75. The molecule has 3 heteroatoms. The van der Waals surface area contributed by atoms with E-state index in [0.717, 1.165) is 30.9 Å². The monoisotopic (exact) mass is 211 g/mol. The van der Waals surface area contributed by atoms with Crippen molar-refractivity contribution in [3.63, 3.8) is 0 Å². The van der Waals surface area contributed by atoms with Crippen LogP contribution in [0.4, 0.5) is 0 Å². The number of nitrogens with one attached hydrogen (secondary N) is 1. The summed E-state index contributed by atoms with van der Waals surface area (Å²) in [5.41, 5.74) is 0. The van der Waals surface area contributed by atoms with Gasteiger partial charge in [0.1, 0.15) is 0 Å². The van der Waals surface area contributed by atoms with Gasteiger partial charge in [-0.05, 0) is 31.6 Å². The van der Waals surface area contributed by atoms with Gasteiger partial charge in [0.15, 0.2) is 5.96 Å². The molecule has 1 N–H and O–H groups in total. The molecule has 1 rings (SSSR count). The third-order valence-electron chi connectivity index (χ3n) is 2.94. The van der Waals surface area contributed by atoms with Gasteiger partial charge in [0.2, 0.25) is 0 Å². The molecule has 1 atom stereocenters. The van der Waals surface area contributed by atoms with Crippen molar-refractivity contribution >= 4 is 5.96 Å². The Morgan fingerprint density at radius 3 is 2.80 bits per heavy atom. The van der Waals surface area contributed by atoms with Crippen LogP contribution in [-0.2, 0) is 0 Å². The molecule has 0 spiro atoms. The second-order valence-corrected chi connectivity index (χ2v) is 4.81. The molecule has 0 aromatic rings. The van der Waals surface area contributed by atoms with Crippen molar-refractivity contribution in [1.82, 2.24) is 10.2 Å². The van der Waals surface area contributed by atoms with E-state index in [1.165, 1.54) is 19.4 Å². The van der Waals surface area contributed by atoms with Crippen molar-refractivity contribution < 1.29 is 0 Å². The Morgan fingerprint density at radius 1 is 1.53 bits per heavy atom. The van der Waals surface area contributed by atoms with Gasteiger partial charge < -0.3 is 10.2 Å². The Hall–Kier alpha value is -0.730. The molecule has 1 unspecified atom stereocenters. The van der Waals surface area contributed by atoms with Crippen molar-refractivity contribution in [2.24, 2.45) is 16.8 Å². The summed E-state index contributed by atoms with van der Waals surface area (Å²) >= 11 is 0. The lowest BCUT2D eigenvalue weighted by Gasteiger charge is -2.21. The van der Waals surface area contributed by atoms with Crippen LogP contribution in [0.25, 0.3) is 0 Å². The molecule has 0 aromatic carbocycles. The molecule has 3 nitrogen and oxygen atoms in total. The average Bonchev–Trinajstić information content (AvgIpc) is 2.61. The standard InChI is InChI=1S/C12H25N3/c1-5-14-12(13-4)15-7-6-11(9-15)8-10(2)3/h10-11H,5-9H2,1-4H3,(H,13,14). The summed E-state index contributed by atoms with van der Waals surface area (Å²) in [7, 11) is 1.87. The maximum Gasteiger partial charge on any atom is 0.193 e. The molecule has 0 bridgehead atoms. The van der Waals surface area contributed by atoms with Crippen LogP contribution in [0.15, 0.2) is 4.99 Å². The van der Waals surface area contributed by atoms with Crippen molar-refractivity contribution in [2.45, 2.75) is 33.6 Å². The fraction of sp³-hybridized carbons (Fsp3) is 0.917. The molecule has 0 aromatic heterocycles. The minimum Gasteiger partial charge on any atom is -0.357 e. The SMILES string of the molecule is CCNC(=NC)N1CCC(CC(C)C)C1. The third-order valence-corrected chi connectivity index (χ3v) is 2.94. The third kappa shape index (κ3) is 3.73. The molecule has 1 aliphatic rings. The lowest BCUT2D eigenvalue weighted by Crippen LogP contribution is -2.39. The molecule has 0 amide bonds. The zero-order valence-corrected chi connectivity index (χ0v) is 10.6. The van der Waals surface area contributed by atoms with Gasteiger partial charge in [0.25, 0.3) is 0 Å². The van der Waals surface area contributed by atoms with Crippen LogP contribution in [-0.4, -0.2) is 37.5 Å². The number of aliphatic imine (C=N–C) groups is 1. The van der Waals surface area contributed by atoms with Crippen LogP contribution < -0.4 is 5.32 Å². The van der Waals surface area contributed by atoms with E-state index < -0.39 is 0 Å². The summed E-state index contributed by atoms with van der Waals surface area (Å²) in [6.07, 6.45) is 2.67. The van der Waals surface area contributed by atoms with Crippen LogP contribution in [0.5, 0.6) is 0 Å². The molecule has 0 aliphatic carbocycles.